The van der Waals surface area contributed by atoms with Crippen molar-refractivity contribution in [2.75, 3.05) is 11.5 Å². The number of carbonyl (C=O) groups excluding carboxylic acids is 1. The third kappa shape index (κ3) is 3.29. The molecule has 1 aliphatic carbocycles. The summed E-state index contributed by atoms with van der Waals surface area (Å²) in [5.41, 5.74) is 5.21. The Morgan fingerprint density at radius 3 is 2.57 bits per heavy atom. The van der Waals surface area contributed by atoms with Crippen molar-refractivity contribution in [2.24, 2.45) is 5.92 Å². The average Bonchev–Trinajstić information content (AvgIpc) is 3.47. The van der Waals surface area contributed by atoms with E-state index < -0.39 is 5.41 Å². The molecule has 0 fully saturated rings. The fourth-order valence-corrected chi connectivity index (χ4v) is 6.19. The Morgan fingerprint density at radius 1 is 0.892 bits per heavy atom. The van der Waals surface area contributed by atoms with E-state index in [9.17, 15) is 4.79 Å². The second kappa shape index (κ2) is 8.59. The maximum atomic E-state index is 14.8. The third-order valence-corrected chi connectivity index (χ3v) is 7.92. The van der Waals surface area contributed by atoms with Crippen molar-refractivity contribution < 1.29 is 9.53 Å². The summed E-state index contributed by atoms with van der Waals surface area (Å²) in [5, 5.41) is 0. The third-order valence-electron chi connectivity index (χ3n) is 7.92. The number of rotatable bonds is 4. The molecule has 1 amide bonds. The summed E-state index contributed by atoms with van der Waals surface area (Å²) in [4.78, 5) is 21.2. The van der Waals surface area contributed by atoms with Crippen LogP contribution in [0.4, 0.5) is 5.69 Å². The van der Waals surface area contributed by atoms with Gasteiger partial charge in [0.2, 0.25) is 5.91 Å². The van der Waals surface area contributed by atoms with Gasteiger partial charge in [-0.2, -0.15) is 0 Å². The van der Waals surface area contributed by atoms with E-state index >= 15 is 0 Å². The van der Waals surface area contributed by atoms with Crippen LogP contribution in [0.3, 0.4) is 0 Å². The lowest BCUT2D eigenvalue weighted by atomic mass is 9.76. The van der Waals surface area contributed by atoms with Crippen molar-refractivity contribution >= 4 is 11.6 Å². The molecule has 0 saturated carbocycles. The molecule has 3 aliphatic rings. The molecule has 0 bridgehead atoms. The van der Waals surface area contributed by atoms with Crippen molar-refractivity contribution in [2.45, 2.75) is 17.9 Å². The van der Waals surface area contributed by atoms with Gasteiger partial charge in [0.15, 0.2) is 0 Å². The predicted molar refractivity (Wildman–Crippen MR) is 145 cm³/mol. The Kier molecular flexibility index (Phi) is 5.07. The highest BCUT2D eigenvalue weighted by Gasteiger charge is 2.58. The lowest BCUT2D eigenvalue weighted by molar-refractivity contribution is -0.122. The molecule has 180 valence electrons. The van der Waals surface area contributed by atoms with Gasteiger partial charge < -0.3 is 9.64 Å². The van der Waals surface area contributed by atoms with E-state index in [1.54, 1.807) is 6.20 Å². The van der Waals surface area contributed by atoms with Gasteiger partial charge in [-0.25, -0.2) is 0 Å². The van der Waals surface area contributed by atoms with Crippen LogP contribution >= 0.6 is 0 Å². The number of anilines is 1. The van der Waals surface area contributed by atoms with Crippen molar-refractivity contribution in [3.05, 3.63) is 138 Å². The van der Waals surface area contributed by atoms with E-state index in [1.165, 1.54) is 0 Å². The summed E-state index contributed by atoms with van der Waals surface area (Å²) in [6, 6.07) is 28.7. The molecular formula is C33H26N2O2. The fourth-order valence-electron chi connectivity index (χ4n) is 6.19. The molecular weight excluding hydrogens is 456 g/mol. The van der Waals surface area contributed by atoms with Crippen LogP contribution < -0.4 is 9.64 Å². The van der Waals surface area contributed by atoms with E-state index in [2.05, 4.69) is 71.8 Å². The van der Waals surface area contributed by atoms with Gasteiger partial charge in [-0.05, 0) is 47.4 Å². The Morgan fingerprint density at radius 2 is 1.76 bits per heavy atom. The minimum Gasteiger partial charge on any atom is -0.491 e. The molecule has 3 atom stereocenters. The second-order valence-electron chi connectivity index (χ2n) is 9.91. The number of benzene rings is 3. The van der Waals surface area contributed by atoms with Crippen molar-refractivity contribution in [1.29, 1.82) is 0 Å². The average molecular weight is 483 g/mol. The van der Waals surface area contributed by atoms with Gasteiger partial charge in [0.25, 0.3) is 0 Å². The van der Waals surface area contributed by atoms with Crippen LogP contribution in [0.15, 0.2) is 122 Å². The van der Waals surface area contributed by atoms with Gasteiger partial charge in [-0.15, -0.1) is 0 Å². The minimum atomic E-state index is -0.884. The quantitative estimate of drug-likeness (QED) is 0.327. The Bertz CT molecular complexity index is 1540. The largest absolute Gasteiger partial charge is 0.491 e. The van der Waals surface area contributed by atoms with Crippen LogP contribution in [0.2, 0.25) is 0 Å². The highest BCUT2D eigenvalue weighted by molar-refractivity contribution is 6.12. The molecule has 3 aromatic carbocycles. The van der Waals surface area contributed by atoms with E-state index in [4.69, 9.17) is 4.74 Å². The molecule has 4 aromatic rings. The minimum absolute atomic E-state index is 0.0765. The molecule has 3 unspecified atom stereocenters. The molecule has 3 heterocycles. The number of amides is 1. The Labute approximate surface area is 216 Å². The van der Waals surface area contributed by atoms with Crippen LogP contribution in [-0.4, -0.2) is 17.5 Å². The number of aromatic nitrogens is 1. The van der Waals surface area contributed by atoms with Gasteiger partial charge in [-0.1, -0.05) is 85.0 Å². The first kappa shape index (κ1) is 21.8. The molecule has 4 heteroatoms. The first-order chi connectivity index (χ1) is 18.3. The molecule has 0 N–H and O–H groups in total. The maximum Gasteiger partial charge on any atom is 0.246 e. The lowest BCUT2D eigenvalue weighted by Gasteiger charge is -2.35. The number of fused-ring (bicyclic) bond motifs is 4. The first-order valence-electron chi connectivity index (χ1n) is 12.8. The number of allylic oxidation sites excluding steroid dienone is 3. The number of nitrogens with zero attached hydrogens (tertiary/aromatic N) is 2. The van der Waals surface area contributed by atoms with Crippen molar-refractivity contribution in [1.82, 2.24) is 4.98 Å². The highest BCUT2D eigenvalue weighted by atomic mass is 16.5. The molecule has 7 rings (SSSR count). The summed E-state index contributed by atoms with van der Waals surface area (Å²) >= 11 is 0. The van der Waals surface area contributed by atoms with Crippen LogP contribution in [0.25, 0.3) is 11.1 Å². The predicted octanol–water partition coefficient (Wildman–Crippen LogP) is 6.65. The zero-order valence-electron chi connectivity index (χ0n) is 20.3. The first-order valence-corrected chi connectivity index (χ1v) is 12.8. The second-order valence-corrected chi connectivity index (χ2v) is 9.91. The fraction of sp³-hybridized carbons (Fsp3) is 0.152. The standard InChI is InChI=1S/C33H26N2O2/c36-32-33(22-37-30-18-17-25(20-28(30)33)26-14-9-19-34-21-26)27-15-7-8-16-29(27)35(32)31(23-10-3-1-4-11-23)24-12-5-2-6-13-24/h1-12,14-21,24,31H,13,22H2. The van der Waals surface area contributed by atoms with Crippen LogP contribution in [0, 0.1) is 5.92 Å². The number of hydrogen-bond donors (Lipinski definition) is 0. The van der Waals surface area contributed by atoms with Crippen LogP contribution in [0.5, 0.6) is 5.75 Å². The van der Waals surface area contributed by atoms with E-state index in [1.807, 2.05) is 53.6 Å². The number of carbonyl (C=O) groups is 1. The lowest BCUT2D eigenvalue weighted by Crippen LogP contribution is -2.45. The molecule has 1 spiro atoms. The van der Waals surface area contributed by atoms with Gasteiger partial charge in [0.1, 0.15) is 17.8 Å². The van der Waals surface area contributed by atoms with Gasteiger partial charge in [-0.3, -0.25) is 9.78 Å². The smallest absolute Gasteiger partial charge is 0.246 e. The molecule has 1 aromatic heterocycles. The number of pyridine rings is 1. The van der Waals surface area contributed by atoms with Gasteiger partial charge >= 0.3 is 0 Å². The number of para-hydroxylation sites is 1. The van der Waals surface area contributed by atoms with E-state index in [0.717, 1.165) is 45.7 Å². The normalized spacial score (nSPS) is 22.1. The van der Waals surface area contributed by atoms with Crippen LogP contribution in [0.1, 0.15) is 29.2 Å². The molecule has 0 radical (unpaired) electrons. The topological polar surface area (TPSA) is 42.4 Å². The molecule has 37 heavy (non-hydrogen) atoms. The maximum absolute atomic E-state index is 14.8. The number of hydrogen-bond acceptors (Lipinski definition) is 3. The highest BCUT2D eigenvalue weighted by Crippen LogP contribution is 2.55. The summed E-state index contributed by atoms with van der Waals surface area (Å²) < 4.78 is 6.25. The van der Waals surface area contributed by atoms with E-state index in [-0.39, 0.29) is 17.9 Å². The molecule has 2 aliphatic heterocycles. The van der Waals surface area contributed by atoms with Gasteiger partial charge in [0, 0.05) is 35.1 Å². The molecule has 0 saturated heterocycles. The van der Waals surface area contributed by atoms with E-state index in [0.29, 0.717) is 6.61 Å². The summed E-state index contributed by atoms with van der Waals surface area (Å²) in [7, 11) is 0. The SMILES string of the molecule is O=C1N(C(c2ccccc2)C2C=CC=CC2)c2ccccc2C12COc1ccc(-c3cccnc3)cc12. The number of ether oxygens (including phenoxy) is 1. The monoisotopic (exact) mass is 482 g/mol. The van der Waals surface area contributed by atoms with Gasteiger partial charge in [0.05, 0.1) is 6.04 Å². The van der Waals surface area contributed by atoms with Crippen molar-refractivity contribution in [3.63, 3.8) is 0 Å². The Hall–Kier alpha value is -4.44. The summed E-state index contributed by atoms with van der Waals surface area (Å²) in [6.45, 7) is 0.299. The summed E-state index contributed by atoms with van der Waals surface area (Å²) in [5.74, 6) is 1.02. The molecule has 4 nitrogen and oxygen atoms in total. The zero-order valence-corrected chi connectivity index (χ0v) is 20.3. The summed E-state index contributed by atoms with van der Waals surface area (Å²) in [6.07, 6.45) is 13.1. The Balaban J connectivity index is 1.41. The van der Waals surface area contributed by atoms with Crippen molar-refractivity contribution in [3.8, 4) is 16.9 Å². The zero-order chi connectivity index (χ0) is 24.8. The van der Waals surface area contributed by atoms with Crippen LogP contribution in [-0.2, 0) is 10.2 Å².